The summed E-state index contributed by atoms with van der Waals surface area (Å²) >= 11 is 0. The van der Waals surface area contributed by atoms with Gasteiger partial charge in [-0.25, -0.2) is 4.79 Å². The van der Waals surface area contributed by atoms with Crippen molar-refractivity contribution in [2.75, 3.05) is 18.7 Å². The van der Waals surface area contributed by atoms with Gasteiger partial charge in [0.15, 0.2) is 17.6 Å². The third-order valence-electron chi connectivity index (χ3n) is 6.56. The van der Waals surface area contributed by atoms with Crippen LogP contribution in [0.15, 0.2) is 42.5 Å². The number of amides is 1. The summed E-state index contributed by atoms with van der Waals surface area (Å²) in [4.78, 5) is 33.8. The second-order valence-corrected chi connectivity index (χ2v) is 9.10. The van der Waals surface area contributed by atoms with Crippen LogP contribution in [0.3, 0.4) is 0 Å². The van der Waals surface area contributed by atoms with Gasteiger partial charge >= 0.3 is 5.97 Å². The van der Waals surface area contributed by atoms with Crippen molar-refractivity contribution in [2.45, 2.75) is 52.3 Å². The Labute approximate surface area is 204 Å². The minimum atomic E-state index is -0.944. The second-order valence-electron chi connectivity index (χ2n) is 9.10. The lowest BCUT2D eigenvalue weighted by Gasteiger charge is -2.32. The van der Waals surface area contributed by atoms with E-state index in [0.29, 0.717) is 41.8 Å². The SMILES string of the molecule is CCC(OC(=O)c1c2c(nc3ccccc13)CCN(C(C)C)C2)C(=O)Nc1ccc2c(c1)OCO2. The van der Waals surface area contributed by atoms with Crippen LogP contribution in [0, 0.1) is 0 Å². The molecule has 5 rings (SSSR count). The van der Waals surface area contributed by atoms with E-state index in [4.69, 9.17) is 19.2 Å². The van der Waals surface area contributed by atoms with Crippen LogP contribution >= 0.6 is 0 Å². The van der Waals surface area contributed by atoms with E-state index in [2.05, 4.69) is 24.1 Å². The van der Waals surface area contributed by atoms with E-state index in [-0.39, 0.29) is 6.79 Å². The average Bonchev–Trinajstić information content (AvgIpc) is 3.33. The number of pyridine rings is 1. The molecule has 8 heteroatoms. The molecule has 8 nitrogen and oxygen atoms in total. The van der Waals surface area contributed by atoms with E-state index in [0.717, 1.165) is 35.1 Å². The first-order valence-electron chi connectivity index (χ1n) is 12.0. The number of rotatable bonds is 6. The van der Waals surface area contributed by atoms with Crippen LogP contribution in [-0.4, -0.2) is 47.2 Å². The molecule has 0 aliphatic carbocycles. The zero-order valence-electron chi connectivity index (χ0n) is 20.2. The van der Waals surface area contributed by atoms with E-state index in [1.165, 1.54) is 0 Å². The maximum atomic E-state index is 13.6. The summed E-state index contributed by atoms with van der Waals surface area (Å²) in [5.41, 5.74) is 3.62. The van der Waals surface area contributed by atoms with Gasteiger partial charge in [0, 0.05) is 53.9 Å². The molecule has 2 aliphatic heterocycles. The minimum absolute atomic E-state index is 0.153. The first-order valence-corrected chi connectivity index (χ1v) is 12.0. The quantitative estimate of drug-likeness (QED) is 0.532. The fourth-order valence-corrected chi connectivity index (χ4v) is 4.59. The van der Waals surface area contributed by atoms with Gasteiger partial charge in [0.25, 0.3) is 5.91 Å². The number of carbonyl (C=O) groups is 2. The van der Waals surface area contributed by atoms with Crippen molar-refractivity contribution in [3.8, 4) is 11.5 Å². The molecule has 1 N–H and O–H groups in total. The molecule has 182 valence electrons. The third-order valence-corrected chi connectivity index (χ3v) is 6.56. The number of hydrogen-bond acceptors (Lipinski definition) is 7. The molecule has 1 aromatic heterocycles. The smallest absolute Gasteiger partial charge is 0.340 e. The summed E-state index contributed by atoms with van der Waals surface area (Å²) in [6, 6.07) is 13.1. The first-order chi connectivity index (χ1) is 16.9. The van der Waals surface area contributed by atoms with Gasteiger partial charge in [-0.15, -0.1) is 0 Å². The summed E-state index contributed by atoms with van der Waals surface area (Å²) in [5, 5.41) is 3.57. The van der Waals surface area contributed by atoms with Crippen LogP contribution in [0.5, 0.6) is 11.5 Å². The molecule has 1 amide bonds. The maximum absolute atomic E-state index is 13.6. The molecule has 0 fully saturated rings. The van der Waals surface area contributed by atoms with Crippen molar-refractivity contribution in [1.82, 2.24) is 9.88 Å². The Morgan fingerprint density at radius 2 is 1.94 bits per heavy atom. The fourth-order valence-electron chi connectivity index (χ4n) is 4.59. The number of aromatic nitrogens is 1. The summed E-state index contributed by atoms with van der Waals surface area (Å²) in [6.07, 6.45) is 0.159. The molecule has 35 heavy (non-hydrogen) atoms. The van der Waals surface area contributed by atoms with Gasteiger partial charge < -0.3 is 19.5 Å². The fraction of sp³-hybridized carbons (Fsp3) is 0.370. The Hall–Kier alpha value is -3.65. The number of para-hydroxylation sites is 1. The zero-order chi connectivity index (χ0) is 24.5. The van der Waals surface area contributed by atoms with Crippen LogP contribution in [0.1, 0.15) is 48.8 Å². The Morgan fingerprint density at radius 3 is 2.74 bits per heavy atom. The number of anilines is 1. The predicted molar refractivity (Wildman–Crippen MR) is 132 cm³/mol. The van der Waals surface area contributed by atoms with Crippen molar-refractivity contribution in [3.63, 3.8) is 0 Å². The van der Waals surface area contributed by atoms with Crippen LogP contribution in [0.25, 0.3) is 10.9 Å². The molecular formula is C27H29N3O5. The molecular weight excluding hydrogens is 446 g/mol. The highest BCUT2D eigenvalue weighted by Gasteiger charge is 2.30. The Balaban J connectivity index is 1.42. The average molecular weight is 476 g/mol. The number of esters is 1. The number of ether oxygens (including phenoxy) is 3. The van der Waals surface area contributed by atoms with Gasteiger partial charge in [0.2, 0.25) is 6.79 Å². The summed E-state index contributed by atoms with van der Waals surface area (Å²) in [6.45, 7) is 7.77. The molecule has 0 spiro atoms. The lowest BCUT2D eigenvalue weighted by atomic mass is 9.95. The highest BCUT2D eigenvalue weighted by Crippen LogP contribution is 2.34. The van der Waals surface area contributed by atoms with Crippen molar-refractivity contribution >= 4 is 28.5 Å². The molecule has 0 bridgehead atoms. The van der Waals surface area contributed by atoms with Gasteiger partial charge in [-0.05, 0) is 38.5 Å². The Bertz CT molecular complexity index is 1290. The lowest BCUT2D eigenvalue weighted by Crippen LogP contribution is -2.38. The van der Waals surface area contributed by atoms with Crippen molar-refractivity contribution in [3.05, 3.63) is 59.3 Å². The van der Waals surface area contributed by atoms with E-state index in [9.17, 15) is 9.59 Å². The second kappa shape index (κ2) is 9.54. The summed E-state index contributed by atoms with van der Waals surface area (Å²) < 4.78 is 16.5. The number of benzene rings is 2. The van der Waals surface area contributed by atoms with Gasteiger partial charge in [-0.3, -0.25) is 14.7 Å². The Kier molecular flexibility index (Phi) is 6.30. The van der Waals surface area contributed by atoms with E-state index in [1.807, 2.05) is 31.2 Å². The minimum Gasteiger partial charge on any atom is -0.454 e. The van der Waals surface area contributed by atoms with Crippen LogP contribution in [0.4, 0.5) is 5.69 Å². The van der Waals surface area contributed by atoms with Gasteiger partial charge in [-0.2, -0.15) is 0 Å². The van der Waals surface area contributed by atoms with Gasteiger partial charge in [0.05, 0.1) is 11.1 Å². The topological polar surface area (TPSA) is 90.0 Å². The highest BCUT2D eigenvalue weighted by molar-refractivity contribution is 6.06. The Morgan fingerprint density at radius 1 is 1.14 bits per heavy atom. The molecule has 1 unspecified atom stereocenters. The zero-order valence-corrected chi connectivity index (χ0v) is 20.2. The predicted octanol–water partition coefficient (Wildman–Crippen LogP) is 4.30. The molecule has 3 heterocycles. The summed E-state index contributed by atoms with van der Waals surface area (Å²) in [5.74, 6) is 0.303. The van der Waals surface area contributed by atoms with Crippen molar-refractivity contribution < 1.29 is 23.8 Å². The molecule has 1 atom stereocenters. The molecule has 2 aromatic carbocycles. The number of hydrogen-bond donors (Lipinski definition) is 1. The van der Waals surface area contributed by atoms with Gasteiger partial charge in [0.1, 0.15) is 0 Å². The highest BCUT2D eigenvalue weighted by atomic mass is 16.7. The standard InChI is InChI=1S/C27H29N3O5/c1-4-22(26(31)28-17-9-10-23-24(13-17)34-15-33-23)35-27(32)25-18-7-5-6-8-20(18)29-21-11-12-30(16(2)3)14-19(21)25/h5-10,13,16,22H,4,11-12,14-15H2,1-3H3,(H,28,31). The molecule has 0 saturated heterocycles. The number of fused-ring (bicyclic) bond motifs is 3. The molecule has 3 aromatic rings. The molecule has 0 saturated carbocycles. The number of nitrogens with zero attached hydrogens (tertiary/aromatic N) is 2. The lowest BCUT2D eigenvalue weighted by molar-refractivity contribution is -0.124. The number of nitrogens with one attached hydrogen (secondary N) is 1. The summed E-state index contributed by atoms with van der Waals surface area (Å²) in [7, 11) is 0. The van der Waals surface area contributed by atoms with Crippen LogP contribution in [0.2, 0.25) is 0 Å². The van der Waals surface area contributed by atoms with E-state index < -0.39 is 18.0 Å². The van der Waals surface area contributed by atoms with E-state index in [1.54, 1.807) is 18.2 Å². The molecule has 0 radical (unpaired) electrons. The van der Waals surface area contributed by atoms with Crippen molar-refractivity contribution in [2.24, 2.45) is 0 Å². The normalized spacial score (nSPS) is 15.7. The van der Waals surface area contributed by atoms with Crippen molar-refractivity contribution in [1.29, 1.82) is 0 Å². The first kappa shape index (κ1) is 23.1. The van der Waals surface area contributed by atoms with E-state index >= 15 is 0 Å². The third kappa shape index (κ3) is 4.53. The van der Waals surface area contributed by atoms with Crippen LogP contribution < -0.4 is 14.8 Å². The largest absolute Gasteiger partial charge is 0.454 e. The van der Waals surface area contributed by atoms with Gasteiger partial charge in [-0.1, -0.05) is 25.1 Å². The van der Waals surface area contributed by atoms with Crippen LogP contribution in [-0.2, 0) is 22.5 Å². The monoisotopic (exact) mass is 475 g/mol. The number of carbonyl (C=O) groups excluding carboxylic acids is 2. The maximum Gasteiger partial charge on any atom is 0.340 e. The molecule has 2 aliphatic rings.